The summed E-state index contributed by atoms with van der Waals surface area (Å²) in [6.07, 6.45) is 1.15. The van der Waals surface area contributed by atoms with E-state index in [2.05, 4.69) is 4.99 Å². The lowest BCUT2D eigenvalue weighted by atomic mass is 10.1. The first-order valence-electron chi connectivity index (χ1n) is 8.43. The number of carbonyl (C=O) groups excluding carboxylic acids is 1. The molecule has 0 aliphatic heterocycles. The fraction of sp³-hybridized carbons (Fsp3) is 0.263. The van der Waals surface area contributed by atoms with E-state index >= 15 is 0 Å². The number of hydrogen-bond donors (Lipinski definition) is 0. The normalized spacial score (nSPS) is 12.6. The molecule has 1 heterocycles. The zero-order chi connectivity index (χ0) is 20.3. The molecule has 0 N–H and O–H groups in total. The van der Waals surface area contributed by atoms with Gasteiger partial charge in [0.1, 0.15) is 5.82 Å². The maximum atomic E-state index is 14.3. The maximum absolute atomic E-state index is 14.3. The monoisotopic (exact) mass is 422 g/mol. The van der Waals surface area contributed by atoms with E-state index in [0.717, 1.165) is 6.26 Å². The van der Waals surface area contributed by atoms with Crippen LogP contribution in [-0.4, -0.2) is 38.9 Å². The summed E-state index contributed by atoms with van der Waals surface area (Å²) in [6.45, 7) is 0.723. The van der Waals surface area contributed by atoms with Crippen LogP contribution in [0.25, 0.3) is 10.2 Å². The zero-order valence-electron chi connectivity index (χ0n) is 15.4. The maximum Gasteiger partial charge on any atom is 0.252 e. The molecule has 148 valence electrons. The molecular formula is C19H19FN2O4S2. The van der Waals surface area contributed by atoms with Crippen molar-refractivity contribution in [3.8, 4) is 0 Å². The summed E-state index contributed by atoms with van der Waals surface area (Å²) in [4.78, 5) is 17.2. The minimum Gasteiger partial charge on any atom is -0.383 e. The minimum atomic E-state index is -3.29. The summed E-state index contributed by atoms with van der Waals surface area (Å²) in [5, 5.41) is 0. The van der Waals surface area contributed by atoms with Gasteiger partial charge in [-0.1, -0.05) is 29.5 Å². The van der Waals surface area contributed by atoms with Gasteiger partial charge >= 0.3 is 0 Å². The smallest absolute Gasteiger partial charge is 0.252 e. The molecule has 0 atom stereocenters. The quantitative estimate of drug-likeness (QED) is 0.612. The van der Waals surface area contributed by atoms with Crippen LogP contribution in [0.5, 0.6) is 0 Å². The van der Waals surface area contributed by atoms with Gasteiger partial charge < -0.3 is 9.30 Å². The second kappa shape index (κ2) is 8.34. The van der Waals surface area contributed by atoms with Crippen LogP contribution in [0.4, 0.5) is 4.39 Å². The molecule has 0 saturated heterocycles. The largest absolute Gasteiger partial charge is 0.383 e. The van der Waals surface area contributed by atoms with Crippen molar-refractivity contribution >= 4 is 37.3 Å². The molecule has 28 heavy (non-hydrogen) atoms. The van der Waals surface area contributed by atoms with Gasteiger partial charge in [0.25, 0.3) is 5.91 Å². The van der Waals surface area contributed by atoms with Crippen LogP contribution >= 0.6 is 11.3 Å². The van der Waals surface area contributed by atoms with E-state index in [1.807, 2.05) is 0 Å². The molecule has 0 radical (unpaired) electrons. The summed E-state index contributed by atoms with van der Waals surface area (Å²) in [5.74, 6) is -0.777. The number of benzene rings is 2. The third-order valence-corrected chi connectivity index (χ3v) is 6.27. The Morgan fingerprint density at radius 1 is 1.21 bits per heavy atom. The van der Waals surface area contributed by atoms with E-state index in [1.165, 1.54) is 29.5 Å². The Kier molecular flexibility index (Phi) is 6.07. The van der Waals surface area contributed by atoms with Gasteiger partial charge in [0.15, 0.2) is 14.6 Å². The Hall–Kier alpha value is -2.36. The van der Waals surface area contributed by atoms with Gasteiger partial charge in [-0.25, -0.2) is 12.8 Å². The number of methoxy groups -OCH3 is 1. The van der Waals surface area contributed by atoms with Gasteiger partial charge in [0, 0.05) is 19.9 Å². The fourth-order valence-electron chi connectivity index (χ4n) is 2.74. The first-order chi connectivity index (χ1) is 13.3. The number of fused-ring (bicyclic) bond motifs is 1. The number of sulfone groups is 1. The van der Waals surface area contributed by atoms with Gasteiger partial charge in [-0.05, 0) is 29.8 Å². The molecule has 1 amide bonds. The number of thiazole rings is 1. The Bertz CT molecular complexity index is 1180. The molecule has 3 rings (SSSR count). The van der Waals surface area contributed by atoms with Gasteiger partial charge in [-0.3, -0.25) is 4.79 Å². The first kappa shape index (κ1) is 20.4. The molecule has 0 aliphatic rings. The van der Waals surface area contributed by atoms with Crippen molar-refractivity contribution in [3.63, 3.8) is 0 Å². The predicted octanol–water partition coefficient (Wildman–Crippen LogP) is 2.56. The molecule has 0 spiro atoms. The fourth-order valence-corrected chi connectivity index (χ4v) is 4.46. The zero-order valence-corrected chi connectivity index (χ0v) is 17.0. The van der Waals surface area contributed by atoms with E-state index in [-0.39, 0.29) is 17.1 Å². The number of carbonyl (C=O) groups is 1. The topological polar surface area (TPSA) is 77.7 Å². The molecule has 0 aliphatic carbocycles. The lowest BCUT2D eigenvalue weighted by molar-refractivity contribution is -0.117. The molecule has 3 aromatic rings. The Balaban J connectivity index is 1.93. The molecule has 0 saturated carbocycles. The molecule has 0 bridgehead atoms. The van der Waals surface area contributed by atoms with Crippen LogP contribution in [-0.2, 0) is 32.3 Å². The van der Waals surface area contributed by atoms with Crippen LogP contribution in [0.3, 0.4) is 0 Å². The SMILES string of the molecule is COCCn1c(=NC(=O)Cc2ccc(S(C)(=O)=O)cc2)sc2cccc(F)c21. The Labute approximate surface area is 165 Å². The molecular weight excluding hydrogens is 403 g/mol. The molecule has 9 heteroatoms. The molecule has 0 fully saturated rings. The number of ether oxygens (including phenoxy) is 1. The van der Waals surface area contributed by atoms with E-state index in [0.29, 0.717) is 33.7 Å². The molecule has 0 unspecified atom stereocenters. The number of para-hydroxylation sites is 1. The third kappa shape index (κ3) is 4.54. The summed E-state index contributed by atoms with van der Waals surface area (Å²) in [5.41, 5.74) is 1.05. The van der Waals surface area contributed by atoms with Crippen molar-refractivity contribution in [2.24, 2.45) is 4.99 Å². The van der Waals surface area contributed by atoms with Crippen molar-refractivity contribution in [3.05, 3.63) is 58.6 Å². The Morgan fingerprint density at radius 2 is 1.93 bits per heavy atom. The summed E-state index contributed by atoms with van der Waals surface area (Å²) in [6, 6.07) is 10.9. The van der Waals surface area contributed by atoms with Gasteiger partial charge in [-0.15, -0.1) is 0 Å². The number of rotatable bonds is 6. The lowest BCUT2D eigenvalue weighted by Crippen LogP contribution is -2.20. The number of aromatic nitrogens is 1. The van der Waals surface area contributed by atoms with Gasteiger partial charge in [0.2, 0.25) is 0 Å². The van der Waals surface area contributed by atoms with Crippen LogP contribution in [0.1, 0.15) is 5.56 Å². The summed E-state index contributed by atoms with van der Waals surface area (Å²) < 4.78 is 44.7. The summed E-state index contributed by atoms with van der Waals surface area (Å²) in [7, 11) is -1.74. The van der Waals surface area contributed by atoms with E-state index in [1.54, 1.807) is 35.9 Å². The highest BCUT2D eigenvalue weighted by molar-refractivity contribution is 7.90. The first-order valence-corrected chi connectivity index (χ1v) is 11.1. The van der Waals surface area contributed by atoms with Crippen molar-refractivity contribution in [1.29, 1.82) is 0 Å². The average molecular weight is 423 g/mol. The number of halogens is 1. The van der Waals surface area contributed by atoms with Crippen molar-refractivity contribution in [2.75, 3.05) is 20.0 Å². The van der Waals surface area contributed by atoms with E-state index in [4.69, 9.17) is 4.74 Å². The van der Waals surface area contributed by atoms with Crippen molar-refractivity contribution in [1.82, 2.24) is 4.57 Å². The number of hydrogen-bond acceptors (Lipinski definition) is 5. The van der Waals surface area contributed by atoms with Crippen LogP contribution in [0.2, 0.25) is 0 Å². The average Bonchev–Trinajstić information content (AvgIpc) is 2.97. The predicted molar refractivity (Wildman–Crippen MR) is 105 cm³/mol. The summed E-state index contributed by atoms with van der Waals surface area (Å²) >= 11 is 1.23. The highest BCUT2D eigenvalue weighted by Gasteiger charge is 2.12. The molecule has 1 aromatic heterocycles. The van der Waals surface area contributed by atoms with E-state index < -0.39 is 15.7 Å². The van der Waals surface area contributed by atoms with Crippen molar-refractivity contribution < 1.29 is 22.3 Å². The molecule has 6 nitrogen and oxygen atoms in total. The minimum absolute atomic E-state index is 0.0189. The van der Waals surface area contributed by atoms with E-state index in [9.17, 15) is 17.6 Å². The highest BCUT2D eigenvalue weighted by atomic mass is 32.2. The highest BCUT2D eigenvalue weighted by Crippen LogP contribution is 2.20. The third-order valence-electron chi connectivity index (χ3n) is 4.10. The van der Waals surface area contributed by atoms with Crippen LogP contribution in [0, 0.1) is 5.82 Å². The second-order valence-corrected chi connectivity index (χ2v) is 9.24. The van der Waals surface area contributed by atoms with Gasteiger partial charge in [0.05, 0.1) is 28.1 Å². The van der Waals surface area contributed by atoms with Crippen LogP contribution in [0.15, 0.2) is 52.4 Å². The molecule has 2 aromatic carbocycles. The Morgan fingerprint density at radius 3 is 2.57 bits per heavy atom. The van der Waals surface area contributed by atoms with Crippen LogP contribution < -0.4 is 4.80 Å². The standard InChI is InChI=1S/C19H19FN2O4S2/c1-26-11-10-22-18-15(20)4-3-5-16(18)27-19(22)21-17(23)12-13-6-8-14(9-7-13)28(2,24)25/h3-9H,10-12H2,1-2H3. The number of amides is 1. The lowest BCUT2D eigenvalue weighted by Gasteiger charge is -2.05. The second-order valence-electron chi connectivity index (χ2n) is 6.21. The van der Waals surface area contributed by atoms with Gasteiger partial charge in [-0.2, -0.15) is 4.99 Å². The van der Waals surface area contributed by atoms with Crippen molar-refractivity contribution in [2.45, 2.75) is 17.9 Å². The number of nitrogens with zero attached hydrogens (tertiary/aromatic N) is 2.